The molecule has 1 aromatic heterocycles. The van der Waals surface area contributed by atoms with E-state index in [0.717, 1.165) is 11.3 Å². The van der Waals surface area contributed by atoms with Gasteiger partial charge < -0.3 is 9.47 Å². The Morgan fingerprint density at radius 2 is 2.12 bits per heavy atom. The lowest BCUT2D eigenvalue weighted by Gasteiger charge is -2.06. The van der Waals surface area contributed by atoms with Crippen LogP contribution in [0.5, 0.6) is 11.6 Å². The lowest BCUT2D eigenvalue weighted by molar-refractivity contribution is 0.184. The van der Waals surface area contributed by atoms with Crippen molar-refractivity contribution in [1.82, 2.24) is 4.98 Å². The van der Waals surface area contributed by atoms with Crippen LogP contribution in [-0.4, -0.2) is 12.1 Å². The highest BCUT2D eigenvalue weighted by molar-refractivity contribution is 6.30. The first-order valence-corrected chi connectivity index (χ1v) is 5.53. The molecule has 1 aromatic carbocycles. The molecule has 1 heterocycles. The summed E-state index contributed by atoms with van der Waals surface area (Å²) in [6, 6.07) is 11.1. The maximum absolute atomic E-state index is 5.75. The molecule has 0 unspecified atom stereocenters. The highest BCUT2D eigenvalue weighted by Crippen LogP contribution is 2.21. The summed E-state index contributed by atoms with van der Waals surface area (Å²) in [5.74, 6) is 1.25. The fourth-order valence-corrected chi connectivity index (χ4v) is 1.52. The third kappa shape index (κ3) is 3.44. The van der Waals surface area contributed by atoms with Gasteiger partial charge in [-0.05, 0) is 23.8 Å². The summed E-state index contributed by atoms with van der Waals surface area (Å²) in [5.41, 5.74) is 1.05. The number of rotatable bonds is 4. The molecule has 3 nitrogen and oxygen atoms in total. The molecule has 0 bridgehead atoms. The van der Waals surface area contributed by atoms with Crippen molar-refractivity contribution in [2.45, 2.75) is 6.61 Å². The highest BCUT2D eigenvalue weighted by Gasteiger charge is 2.00. The first-order chi connectivity index (χ1) is 8.28. The average Bonchev–Trinajstić information content (AvgIpc) is 2.33. The van der Waals surface area contributed by atoms with E-state index in [1.165, 1.54) is 0 Å². The van der Waals surface area contributed by atoms with Gasteiger partial charge in [-0.3, -0.25) is 0 Å². The predicted octanol–water partition coefficient (Wildman–Crippen LogP) is 3.67. The number of aromatic nitrogens is 1. The van der Waals surface area contributed by atoms with Gasteiger partial charge in [-0.25, -0.2) is 4.98 Å². The van der Waals surface area contributed by atoms with Crippen molar-refractivity contribution in [1.29, 1.82) is 0 Å². The van der Waals surface area contributed by atoms with Gasteiger partial charge in [0.05, 0.1) is 11.6 Å². The minimum atomic E-state index is 0.518. The van der Waals surface area contributed by atoms with E-state index in [1.807, 2.05) is 24.3 Å². The Balaban J connectivity index is 2.12. The number of halogens is 1. The second-order valence-corrected chi connectivity index (χ2v) is 3.93. The van der Waals surface area contributed by atoms with Gasteiger partial charge in [0.1, 0.15) is 5.75 Å². The number of ether oxygens (including phenoxy) is 2. The molecule has 0 amide bonds. The number of nitrogens with zero attached hydrogens (tertiary/aromatic N) is 1. The Kier molecular flexibility index (Phi) is 3.96. The van der Waals surface area contributed by atoms with Crippen LogP contribution < -0.4 is 4.74 Å². The molecule has 0 spiro atoms. The molecule has 17 heavy (non-hydrogen) atoms. The van der Waals surface area contributed by atoms with Crippen molar-refractivity contribution in [2.24, 2.45) is 0 Å². The predicted molar refractivity (Wildman–Crippen MR) is 66.5 cm³/mol. The average molecular weight is 250 g/mol. The lowest BCUT2D eigenvalue weighted by atomic mass is 10.2. The highest BCUT2D eigenvalue weighted by atomic mass is 35.5. The van der Waals surface area contributed by atoms with Gasteiger partial charge in [-0.1, -0.05) is 23.7 Å². The van der Waals surface area contributed by atoms with Gasteiger partial charge in [-0.2, -0.15) is 0 Å². The molecule has 4 heteroatoms. The van der Waals surface area contributed by atoms with Crippen molar-refractivity contribution in [2.75, 3.05) is 7.11 Å². The Labute approximate surface area is 105 Å². The van der Waals surface area contributed by atoms with Gasteiger partial charge >= 0.3 is 0 Å². The second-order valence-electron chi connectivity index (χ2n) is 3.50. The third-order valence-corrected chi connectivity index (χ3v) is 2.36. The number of hydrogen-bond acceptors (Lipinski definition) is 3. The molecule has 0 aliphatic heterocycles. The van der Waals surface area contributed by atoms with Crippen LogP contribution in [0.4, 0.5) is 0 Å². The summed E-state index contributed by atoms with van der Waals surface area (Å²) in [6.45, 7) is 0.561. The zero-order chi connectivity index (χ0) is 12.1. The Bertz CT molecular complexity index is 485. The summed E-state index contributed by atoms with van der Waals surface area (Å²) in [7, 11) is 1.66. The van der Waals surface area contributed by atoms with E-state index in [4.69, 9.17) is 21.1 Å². The van der Waals surface area contributed by atoms with E-state index in [0.29, 0.717) is 17.5 Å². The van der Waals surface area contributed by atoms with E-state index in [9.17, 15) is 0 Å². The third-order valence-electron chi connectivity index (χ3n) is 2.13. The van der Waals surface area contributed by atoms with Crippen LogP contribution in [0.15, 0.2) is 42.6 Å². The van der Waals surface area contributed by atoms with E-state index in [-0.39, 0.29) is 0 Å². The van der Waals surface area contributed by atoms with Crippen molar-refractivity contribution in [3.05, 3.63) is 53.2 Å². The summed E-state index contributed by atoms with van der Waals surface area (Å²) < 4.78 is 10.7. The Hall–Kier alpha value is -1.58. The summed E-state index contributed by atoms with van der Waals surface area (Å²) >= 11 is 5.75. The minimum Gasteiger partial charge on any atom is -0.439 e. The van der Waals surface area contributed by atoms with Crippen LogP contribution in [0.3, 0.4) is 0 Å². The maximum atomic E-state index is 5.75. The molecule has 0 aliphatic carbocycles. The zero-order valence-corrected chi connectivity index (χ0v) is 10.1. The Morgan fingerprint density at radius 1 is 1.24 bits per heavy atom. The molecule has 0 saturated carbocycles. The molecule has 2 rings (SSSR count). The van der Waals surface area contributed by atoms with Gasteiger partial charge in [0, 0.05) is 19.4 Å². The first-order valence-electron chi connectivity index (χ1n) is 5.15. The SMILES string of the molecule is COCc1cccc(Oc2ccc(Cl)cn2)c1. The van der Waals surface area contributed by atoms with Gasteiger partial charge in [0.15, 0.2) is 0 Å². The molecular formula is C13H12ClNO2. The number of hydrogen-bond donors (Lipinski definition) is 0. The summed E-state index contributed by atoms with van der Waals surface area (Å²) in [6.07, 6.45) is 1.55. The van der Waals surface area contributed by atoms with Crippen LogP contribution in [0.2, 0.25) is 5.02 Å². The fraction of sp³-hybridized carbons (Fsp3) is 0.154. The van der Waals surface area contributed by atoms with Gasteiger partial charge in [0.25, 0.3) is 0 Å². The van der Waals surface area contributed by atoms with Crippen LogP contribution in [0.1, 0.15) is 5.56 Å². The van der Waals surface area contributed by atoms with Crippen LogP contribution >= 0.6 is 11.6 Å². The summed E-state index contributed by atoms with van der Waals surface area (Å²) in [4.78, 5) is 4.06. The Morgan fingerprint density at radius 3 is 2.82 bits per heavy atom. The zero-order valence-electron chi connectivity index (χ0n) is 9.39. The second kappa shape index (κ2) is 5.66. The lowest BCUT2D eigenvalue weighted by Crippen LogP contribution is -1.90. The van der Waals surface area contributed by atoms with Crippen molar-refractivity contribution in [3.8, 4) is 11.6 Å². The molecule has 0 N–H and O–H groups in total. The van der Waals surface area contributed by atoms with E-state index in [2.05, 4.69) is 4.98 Å². The topological polar surface area (TPSA) is 31.4 Å². The number of pyridine rings is 1. The van der Waals surface area contributed by atoms with E-state index >= 15 is 0 Å². The molecule has 2 aromatic rings. The van der Waals surface area contributed by atoms with Crippen LogP contribution in [-0.2, 0) is 11.3 Å². The molecular weight excluding hydrogens is 238 g/mol. The molecule has 0 aliphatic rings. The number of methoxy groups -OCH3 is 1. The molecule has 0 atom stereocenters. The minimum absolute atomic E-state index is 0.518. The van der Waals surface area contributed by atoms with Crippen molar-refractivity contribution in [3.63, 3.8) is 0 Å². The van der Waals surface area contributed by atoms with E-state index in [1.54, 1.807) is 25.4 Å². The normalized spacial score (nSPS) is 10.2. The molecule has 0 saturated heterocycles. The number of benzene rings is 1. The molecule has 0 radical (unpaired) electrons. The van der Waals surface area contributed by atoms with E-state index < -0.39 is 0 Å². The van der Waals surface area contributed by atoms with Gasteiger partial charge in [-0.15, -0.1) is 0 Å². The van der Waals surface area contributed by atoms with Gasteiger partial charge in [0.2, 0.25) is 5.88 Å². The van der Waals surface area contributed by atoms with Crippen LogP contribution in [0, 0.1) is 0 Å². The standard InChI is InChI=1S/C13H12ClNO2/c1-16-9-10-3-2-4-12(7-10)17-13-6-5-11(14)8-15-13/h2-8H,9H2,1H3. The maximum Gasteiger partial charge on any atom is 0.219 e. The van der Waals surface area contributed by atoms with Crippen molar-refractivity contribution < 1.29 is 9.47 Å². The van der Waals surface area contributed by atoms with Crippen molar-refractivity contribution >= 4 is 11.6 Å². The van der Waals surface area contributed by atoms with Crippen LogP contribution in [0.25, 0.3) is 0 Å². The molecule has 0 fully saturated rings. The monoisotopic (exact) mass is 249 g/mol. The first kappa shape index (κ1) is 11.9. The molecule has 88 valence electrons. The quantitative estimate of drug-likeness (QED) is 0.828. The summed E-state index contributed by atoms with van der Waals surface area (Å²) in [5, 5.41) is 0.588. The fourth-order valence-electron chi connectivity index (χ4n) is 1.41. The smallest absolute Gasteiger partial charge is 0.219 e. The largest absolute Gasteiger partial charge is 0.439 e.